The van der Waals surface area contributed by atoms with Crippen LogP contribution in [0.4, 0.5) is 0 Å². The largest absolute Gasteiger partial charge is 0.275 e. The molecule has 0 fully saturated rings. The molecule has 0 radical (unpaired) electrons. The average molecular weight is 224 g/mol. The lowest BCUT2D eigenvalue weighted by molar-refractivity contribution is 0.608. The minimum atomic E-state index is -0.133. The Morgan fingerprint density at radius 1 is 1.60 bits per heavy atom. The van der Waals surface area contributed by atoms with E-state index in [0.717, 1.165) is 16.3 Å². The van der Waals surface area contributed by atoms with Gasteiger partial charge in [-0.15, -0.1) is 5.10 Å². The maximum absolute atomic E-state index is 5.53. The molecule has 2 heterocycles. The molecule has 2 aromatic rings. The summed E-state index contributed by atoms with van der Waals surface area (Å²) in [7, 11) is 1.87. The van der Waals surface area contributed by atoms with Crippen LogP contribution in [0.3, 0.4) is 0 Å². The zero-order valence-electron chi connectivity index (χ0n) is 8.51. The van der Waals surface area contributed by atoms with Gasteiger partial charge in [0, 0.05) is 13.2 Å². The number of nitrogens with two attached hydrogens (primary N) is 1. The third-order valence-electron chi connectivity index (χ3n) is 2.15. The second-order valence-corrected chi connectivity index (χ2v) is 4.02. The first-order chi connectivity index (χ1) is 7.22. The van der Waals surface area contributed by atoms with Gasteiger partial charge < -0.3 is 0 Å². The van der Waals surface area contributed by atoms with Gasteiger partial charge in [0.05, 0.1) is 16.3 Å². The van der Waals surface area contributed by atoms with Crippen LogP contribution in [-0.4, -0.2) is 19.4 Å². The molecule has 0 saturated heterocycles. The van der Waals surface area contributed by atoms with Crippen LogP contribution in [0.15, 0.2) is 12.3 Å². The van der Waals surface area contributed by atoms with Crippen LogP contribution in [-0.2, 0) is 7.05 Å². The summed E-state index contributed by atoms with van der Waals surface area (Å²) in [5.41, 5.74) is 4.48. The summed E-state index contributed by atoms with van der Waals surface area (Å²) in [5, 5.41) is 8.26. The van der Waals surface area contributed by atoms with E-state index in [0.29, 0.717) is 0 Å². The van der Waals surface area contributed by atoms with Gasteiger partial charge in [-0.2, -0.15) is 5.10 Å². The van der Waals surface area contributed by atoms with Gasteiger partial charge in [-0.3, -0.25) is 10.5 Å². The van der Waals surface area contributed by atoms with E-state index in [4.69, 9.17) is 5.84 Å². The first-order valence-corrected chi connectivity index (χ1v) is 5.24. The van der Waals surface area contributed by atoms with Crippen LogP contribution in [0, 0.1) is 6.92 Å². The second kappa shape index (κ2) is 4.05. The highest BCUT2D eigenvalue weighted by Crippen LogP contribution is 2.24. The molecule has 1 atom stereocenters. The van der Waals surface area contributed by atoms with Crippen LogP contribution in [0.25, 0.3) is 0 Å². The van der Waals surface area contributed by atoms with Gasteiger partial charge in [0.25, 0.3) is 0 Å². The van der Waals surface area contributed by atoms with E-state index in [9.17, 15) is 0 Å². The van der Waals surface area contributed by atoms with E-state index in [-0.39, 0.29) is 6.04 Å². The number of nitrogens with zero attached hydrogens (tertiary/aromatic N) is 4. The van der Waals surface area contributed by atoms with Gasteiger partial charge in [-0.25, -0.2) is 5.43 Å². The van der Waals surface area contributed by atoms with Crippen molar-refractivity contribution in [1.29, 1.82) is 0 Å². The van der Waals surface area contributed by atoms with Crippen LogP contribution in [0.1, 0.15) is 22.3 Å². The Bertz CT molecular complexity index is 447. The van der Waals surface area contributed by atoms with Crippen LogP contribution in [0.2, 0.25) is 0 Å². The Morgan fingerprint density at radius 3 is 2.87 bits per heavy atom. The van der Waals surface area contributed by atoms with Crippen molar-refractivity contribution in [2.75, 3.05) is 0 Å². The van der Waals surface area contributed by atoms with Crippen LogP contribution in [0.5, 0.6) is 0 Å². The Balaban J connectivity index is 2.36. The minimum Gasteiger partial charge on any atom is -0.275 e. The molecule has 1 unspecified atom stereocenters. The molecule has 2 rings (SSSR count). The zero-order chi connectivity index (χ0) is 10.8. The van der Waals surface area contributed by atoms with Gasteiger partial charge >= 0.3 is 0 Å². The smallest absolute Gasteiger partial charge is 0.103 e. The Kier molecular flexibility index (Phi) is 2.76. The molecule has 0 aromatic carbocycles. The summed E-state index contributed by atoms with van der Waals surface area (Å²) in [6.07, 6.45) is 1.88. The van der Waals surface area contributed by atoms with E-state index in [1.807, 2.05) is 26.2 Å². The van der Waals surface area contributed by atoms with Gasteiger partial charge in [-0.1, -0.05) is 4.49 Å². The minimum absolute atomic E-state index is 0.133. The summed E-state index contributed by atoms with van der Waals surface area (Å²) in [6, 6.07) is 1.79. The van der Waals surface area contributed by atoms with E-state index < -0.39 is 0 Å². The molecule has 0 saturated carbocycles. The highest BCUT2D eigenvalue weighted by atomic mass is 32.1. The number of hydrogen-bond acceptors (Lipinski definition) is 6. The lowest BCUT2D eigenvalue weighted by Crippen LogP contribution is -2.29. The Labute approximate surface area is 91.2 Å². The molecule has 0 amide bonds. The molecular formula is C8H12N6S. The summed E-state index contributed by atoms with van der Waals surface area (Å²) in [5.74, 6) is 5.53. The van der Waals surface area contributed by atoms with Gasteiger partial charge in [0.2, 0.25) is 0 Å². The van der Waals surface area contributed by atoms with E-state index in [1.165, 1.54) is 11.5 Å². The summed E-state index contributed by atoms with van der Waals surface area (Å²) in [6.45, 7) is 1.91. The fraction of sp³-hybridized carbons (Fsp3) is 0.375. The molecule has 0 bridgehead atoms. The highest BCUT2D eigenvalue weighted by molar-refractivity contribution is 7.05. The standard InChI is InChI=1S/C8H12N6S/c1-5-8(15-13-11-5)7(10-9)6-3-4-14(2)12-6/h3-4,7,10H,9H2,1-2H3. The lowest BCUT2D eigenvalue weighted by atomic mass is 10.1. The van der Waals surface area contributed by atoms with Gasteiger partial charge in [-0.05, 0) is 24.5 Å². The predicted octanol–water partition coefficient (Wildman–Crippen LogP) is 0.133. The number of aromatic nitrogens is 4. The zero-order valence-corrected chi connectivity index (χ0v) is 9.32. The SMILES string of the molecule is Cc1nnsc1C(NN)c1ccn(C)n1. The lowest BCUT2D eigenvalue weighted by Gasteiger charge is -2.10. The molecule has 0 spiro atoms. The van der Waals surface area contributed by atoms with Crippen LogP contribution >= 0.6 is 11.5 Å². The van der Waals surface area contributed by atoms with Crippen molar-refractivity contribution in [3.05, 3.63) is 28.5 Å². The summed E-state index contributed by atoms with van der Waals surface area (Å²) < 4.78 is 5.62. The molecule has 6 nitrogen and oxygen atoms in total. The average Bonchev–Trinajstić information content (AvgIpc) is 2.79. The number of nitrogens with one attached hydrogen (secondary N) is 1. The number of rotatable bonds is 3. The molecule has 0 aliphatic rings. The van der Waals surface area contributed by atoms with Crippen molar-refractivity contribution in [2.24, 2.45) is 12.9 Å². The number of aryl methyl sites for hydroxylation is 2. The fourth-order valence-corrected chi connectivity index (χ4v) is 2.10. The Hall–Kier alpha value is -1.31. The van der Waals surface area contributed by atoms with Crippen molar-refractivity contribution in [3.63, 3.8) is 0 Å². The van der Waals surface area contributed by atoms with E-state index in [1.54, 1.807) is 4.68 Å². The molecule has 2 aromatic heterocycles. The van der Waals surface area contributed by atoms with Crippen molar-refractivity contribution in [3.8, 4) is 0 Å². The fourth-order valence-electron chi connectivity index (χ4n) is 1.38. The van der Waals surface area contributed by atoms with Crippen molar-refractivity contribution >= 4 is 11.5 Å². The van der Waals surface area contributed by atoms with Crippen LogP contribution < -0.4 is 11.3 Å². The summed E-state index contributed by atoms with van der Waals surface area (Å²) in [4.78, 5) is 0.996. The molecule has 80 valence electrons. The third kappa shape index (κ3) is 1.89. The van der Waals surface area contributed by atoms with Crippen molar-refractivity contribution in [1.82, 2.24) is 24.8 Å². The molecule has 7 heteroatoms. The third-order valence-corrected chi connectivity index (χ3v) is 3.04. The topological polar surface area (TPSA) is 81.6 Å². The monoisotopic (exact) mass is 224 g/mol. The predicted molar refractivity (Wildman–Crippen MR) is 57.0 cm³/mol. The number of hydrazine groups is 1. The van der Waals surface area contributed by atoms with E-state index in [2.05, 4.69) is 20.1 Å². The highest BCUT2D eigenvalue weighted by Gasteiger charge is 2.19. The summed E-state index contributed by atoms with van der Waals surface area (Å²) >= 11 is 1.33. The maximum atomic E-state index is 5.53. The van der Waals surface area contributed by atoms with E-state index >= 15 is 0 Å². The van der Waals surface area contributed by atoms with Crippen molar-refractivity contribution in [2.45, 2.75) is 13.0 Å². The maximum Gasteiger partial charge on any atom is 0.103 e. The molecule has 0 aliphatic heterocycles. The second-order valence-electron chi connectivity index (χ2n) is 3.24. The van der Waals surface area contributed by atoms with Gasteiger partial charge in [0.1, 0.15) is 6.04 Å². The normalized spacial score (nSPS) is 13.0. The first-order valence-electron chi connectivity index (χ1n) is 4.47. The molecular weight excluding hydrogens is 212 g/mol. The number of hydrogen-bond donors (Lipinski definition) is 2. The van der Waals surface area contributed by atoms with Gasteiger partial charge in [0.15, 0.2) is 0 Å². The molecule has 3 N–H and O–H groups in total. The molecule has 15 heavy (non-hydrogen) atoms. The molecule has 0 aliphatic carbocycles. The van der Waals surface area contributed by atoms with Crippen molar-refractivity contribution < 1.29 is 0 Å². The first kappa shape index (κ1) is 10.2. The quantitative estimate of drug-likeness (QED) is 0.572. The Morgan fingerprint density at radius 2 is 2.40 bits per heavy atom.